The molecule has 8 nitrogen and oxygen atoms in total. The van der Waals surface area contributed by atoms with E-state index in [-0.39, 0.29) is 22.1 Å². The molecule has 4 aliphatic rings. The maximum absolute atomic E-state index is 13.2. The smallest absolute Gasteiger partial charge is 0.238 e. The minimum absolute atomic E-state index is 0.0303. The molecule has 34 heavy (non-hydrogen) atoms. The van der Waals surface area contributed by atoms with Gasteiger partial charge in [-0.2, -0.15) is 5.26 Å². The highest BCUT2D eigenvalue weighted by Gasteiger charge is 2.52. The number of piperazine rings is 1. The van der Waals surface area contributed by atoms with Crippen LogP contribution in [0.3, 0.4) is 0 Å². The van der Waals surface area contributed by atoms with Gasteiger partial charge >= 0.3 is 0 Å². The van der Waals surface area contributed by atoms with Crippen LogP contribution in [-0.4, -0.2) is 68.5 Å². The van der Waals surface area contributed by atoms with Gasteiger partial charge in [-0.15, -0.1) is 11.8 Å². The highest BCUT2D eigenvalue weighted by Crippen LogP contribution is 2.56. The van der Waals surface area contributed by atoms with Gasteiger partial charge in [0.15, 0.2) is 0 Å². The first kappa shape index (κ1) is 21.7. The van der Waals surface area contributed by atoms with E-state index in [4.69, 9.17) is 9.97 Å². The topological polar surface area (TPSA) is 89.2 Å². The van der Waals surface area contributed by atoms with E-state index in [2.05, 4.69) is 39.6 Å². The first-order valence-corrected chi connectivity index (χ1v) is 13.1. The third-order valence-electron chi connectivity index (χ3n) is 8.16. The summed E-state index contributed by atoms with van der Waals surface area (Å²) in [5, 5.41) is 9.37. The Morgan fingerprint density at radius 2 is 2.00 bits per heavy atom. The van der Waals surface area contributed by atoms with E-state index >= 15 is 0 Å². The lowest BCUT2D eigenvalue weighted by molar-refractivity contribution is -0.136. The van der Waals surface area contributed by atoms with Crippen molar-refractivity contribution in [2.45, 2.75) is 55.7 Å². The van der Waals surface area contributed by atoms with Gasteiger partial charge in [0.25, 0.3) is 0 Å². The fourth-order valence-corrected chi connectivity index (χ4v) is 6.97. The van der Waals surface area contributed by atoms with Crippen molar-refractivity contribution in [3.8, 4) is 6.07 Å². The van der Waals surface area contributed by atoms with Crippen molar-refractivity contribution in [2.24, 2.45) is 0 Å². The van der Waals surface area contributed by atoms with Crippen LogP contribution < -0.4 is 9.80 Å². The Bertz CT molecular complexity index is 1190. The first-order chi connectivity index (χ1) is 16.4. The molecule has 2 saturated heterocycles. The van der Waals surface area contributed by atoms with E-state index < -0.39 is 0 Å². The summed E-state index contributed by atoms with van der Waals surface area (Å²) >= 11 is 1.78. The second-order valence-electron chi connectivity index (χ2n) is 10.3. The third-order valence-corrected chi connectivity index (χ3v) is 9.58. The number of nitrogens with zero attached hydrogens (tertiary/aromatic N) is 7. The Morgan fingerprint density at radius 1 is 1.21 bits per heavy atom. The molecular formula is C25H29N7OS. The van der Waals surface area contributed by atoms with E-state index in [0.717, 1.165) is 68.6 Å². The number of fused-ring (bicyclic) bond motifs is 2. The van der Waals surface area contributed by atoms with Crippen molar-refractivity contribution in [1.82, 2.24) is 19.9 Å². The van der Waals surface area contributed by atoms with Crippen LogP contribution in [0, 0.1) is 11.3 Å². The number of carbonyl (C=O) groups is 1. The van der Waals surface area contributed by atoms with Crippen LogP contribution in [0.4, 0.5) is 17.5 Å². The molecule has 9 heteroatoms. The number of thioether (sulfide) groups is 1. The number of amides is 1. The van der Waals surface area contributed by atoms with Gasteiger partial charge in [0, 0.05) is 49.4 Å². The zero-order chi connectivity index (χ0) is 23.5. The summed E-state index contributed by atoms with van der Waals surface area (Å²) in [5.74, 6) is 4.05. The van der Waals surface area contributed by atoms with Crippen LogP contribution >= 0.6 is 11.8 Å². The minimum Gasteiger partial charge on any atom is -0.352 e. The lowest BCUT2D eigenvalue weighted by Crippen LogP contribution is -2.60. The molecule has 1 amide bonds. The average molecular weight is 476 g/mol. The lowest BCUT2D eigenvalue weighted by atomic mass is 9.66. The highest BCUT2D eigenvalue weighted by molar-refractivity contribution is 8.02. The Labute approximate surface area is 204 Å². The summed E-state index contributed by atoms with van der Waals surface area (Å²) in [6.45, 7) is 7.33. The molecule has 6 rings (SSSR count). The largest absolute Gasteiger partial charge is 0.352 e. The zero-order valence-corrected chi connectivity index (χ0v) is 20.5. The number of anilines is 3. The molecule has 0 bridgehead atoms. The van der Waals surface area contributed by atoms with Crippen LogP contribution in [0.2, 0.25) is 0 Å². The Balaban J connectivity index is 1.32. The normalized spacial score (nSPS) is 27.1. The van der Waals surface area contributed by atoms with Crippen LogP contribution in [0.1, 0.15) is 50.7 Å². The Hall–Kier alpha value is -2.86. The molecule has 2 atom stereocenters. The second kappa shape index (κ2) is 7.84. The molecule has 1 saturated carbocycles. The summed E-state index contributed by atoms with van der Waals surface area (Å²) in [5.41, 5.74) is 1.85. The summed E-state index contributed by atoms with van der Waals surface area (Å²) in [6.07, 6.45) is 7.74. The molecule has 2 unspecified atom stereocenters. The molecule has 5 heterocycles. The van der Waals surface area contributed by atoms with Crippen LogP contribution in [0.15, 0.2) is 24.7 Å². The molecule has 3 aliphatic heterocycles. The first-order valence-electron chi connectivity index (χ1n) is 12.1. The van der Waals surface area contributed by atoms with Gasteiger partial charge in [-0.25, -0.2) is 15.0 Å². The van der Waals surface area contributed by atoms with Crippen molar-refractivity contribution in [3.63, 3.8) is 0 Å². The fraction of sp³-hybridized carbons (Fsp3) is 0.560. The molecule has 3 fully saturated rings. The maximum atomic E-state index is 13.2. The SMILES string of the molecule is CC1CN(c2ncnc3c2C2(CCC2)CN3c2cc(C#N)ccn2)CCN1C(=O)C1(C)CCS1. The molecule has 1 spiro atoms. The van der Waals surface area contributed by atoms with E-state index in [9.17, 15) is 10.1 Å². The molecule has 2 aromatic heterocycles. The van der Waals surface area contributed by atoms with E-state index in [1.54, 1.807) is 30.4 Å². The van der Waals surface area contributed by atoms with Crippen molar-refractivity contribution in [2.75, 3.05) is 41.7 Å². The minimum atomic E-state index is -0.242. The van der Waals surface area contributed by atoms with Gasteiger partial charge < -0.3 is 14.7 Å². The zero-order valence-electron chi connectivity index (χ0n) is 19.7. The van der Waals surface area contributed by atoms with Gasteiger partial charge in [0.1, 0.15) is 23.8 Å². The highest BCUT2D eigenvalue weighted by atomic mass is 32.2. The van der Waals surface area contributed by atoms with Crippen LogP contribution in [0.25, 0.3) is 0 Å². The molecule has 1 aliphatic carbocycles. The van der Waals surface area contributed by atoms with E-state index in [0.29, 0.717) is 5.56 Å². The van der Waals surface area contributed by atoms with E-state index in [1.165, 1.54) is 12.0 Å². The average Bonchev–Trinajstić information content (AvgIpc) is 3.18. The molecular weight excluding hydrogens is 446 g/mol. The number of pyridine rings is 1. The third kappa shape index (κ3) is 3.18. The monoisotopic (exact) mass is 475 g/mol. The number of hydrogen-bond acceptors (Lipinski definition) is 8. The molecule has 176 valence electrons. The number of hydrogen-bond donors (Lipinski definition) is 0. The van der Waals surface area contributed by atoms with Crippen molar-refractivity contribution < 1.29 is 4.79 Å². The molecule has 0 N–H and O–H groups in total. The number of nitriles is 1. The quantitative estimate of drug-likeness (QED) is 0.668. The Kier molecular flexibility index (Phi) is 4.99. The lowest BCUT2D eigenvalue weighted by Gasteiger charge is -2.47. The van der Waals surface area contributed by atoms with Crippen molar-refractivity contribution >= 4 is 35.1 Å². The summed E-state index contributed by atoms with van der Waals surface area (Å²) < 4.78 is -0.242. The van der Waals surface area contributed by atoms with Gasteiger partial charge in [0.05, 0.1) is 16.4 Å². The fourth-order valence-electron chi connectivity index (χ4n) is 5.91. The van der Waals surface area contributed by atoms with Crippen LogP contribution in [0.5, 0.6) is 0 Å². The van der Waals surface area contributed by atoms with Gasteiger partial charge in [-0.1, -0.05) is 6.42 Å². The standard InChI is InChI=1S/C25H29N7OS/c1-17-14-30(9-10-31(17)23(33)24(2)7-11-34-24)21-20-22(29-16-28-21)32(15-25(20)5-3-6-25)19-12-18(13-26)4-8-27-19/h4,8,12,16-17H,3,5-7,9-11,14-15H2,1-2H3. The van der Waals surface area contributed by atoms with Crippen molar-refractivity contribution in [1.29, 1.82) is 5.26 Å². The predicted octanol–water partition coefficient (Wildman–Crippen LogP) is 3.25. The predicted molar refractivity (Wildman–Crippen MR) is 132 cm³/mol. The number of rotatable bonds is 3. The summed E-state index contributed by atoms with van der Waals surface area (Å²) in [7, 11) is 0. The van der Waals surface area contributed by atoms with Crippen molar-refractivity contribution in [3.05, 3.63) is 35.8 Å². The summed E-state index contributed by atoms with van der Waals surface area (Å²) in [4.78, 5) is 33.9. The number of carbonyl (C=O) groups excluding carboxylic acids is 1. The Morgan fingerprint density at radius 3 is 2.65 bits per heavy atom. The summed E-state index contributed by atoms with van der Waals surface area (Å²) in [6, 6.07) is 5.93. The van der Waals surface area contributed by atoms with Gasteiger partial charge in [-0.05, 0) is 51.0 Å². The second-order valence-corrected chi connectivity index (χ2v) is 11.9. The van der Waals surface area contributed by atoms with Gasteiger partial charge in [0.2, 0.25) is 5.91 Å². The maximum Gasteiger partial charge on any atom is 0.238 e. The molecule has 0 aromatic carbocycles. The number of aromatic nitrogens is 3. The van der Waals surface area contributed by atoms with Gasteiger partial charge in [-0.3, -0.25) is 4.79 Å². The van der Waals surface area contributed by atoms with E-state index in [1.807, 2.05) is 6.07 Å². The molecule has 2 aromatic rings. The molecule has 0 radical (unpaired) electrons. The van der Waals surface area contributed by atoms with Crippen LogP contribution in [-0.2, 0) is 10.2 Å².